The summed E-state index contributed by atoms with van der Waals surface area (Å²) in [6.45, 7) is 6.40. The van der Waals surface area contributed by atoms with Gasteiger partial charge in [0.2, 0.25) is 0 Å². The van der Waals surface area contributed by atoms with Gasteiger partial charge in [0.1, 0.15) is 18.3 Å². The molecule has 0 saturated carbocycles. The summed E-state index contributed by atoms with van der Waals surface area (Å²) in [4.78, 5) is 21.6. The number of esters is 2. The molecule has 104 valence electrons. The molecule has 0 radical (unpaired) electrons. The van der Waals surface area contributed by atoms with Crippen LogP contribution in [0.15, 0.2) is 56.0 Å². The van der Waals surface area contributed by atoms with E-state index in [0.29, 0.717) is 0 Å². The minimum atomic E-state index is -0.783. The van der Waals surface area contributed by atoms with Gasteiger partial charge < -0.3 is 14.2 Å². The third-order valence-electron chi connectivity index (χ3n) is 1.89. The van der Waals surface area contributed by atoms with Crippen molar-refractivity contribution >= 4 is 11.9 Å². The van der Waals surface area contributed by atoms with Crippen molar-refractivity contribution in [2.75, 3.05) is 0 Å². The van der Waals surface area contributed by atoms with Gasteiger partial charge in [-0.3, -0.25) is 0 Å². The van der Waals surface area contributed by atoms with Gasteiger partial charge in [0.25, 0.3) is 0 Å². The fourth-order valence-electron chi connectivity index (χ4n) is 1.04. The maximum atomic E-state index is 13.5. The maximum absolute atomic E-state index is 13.5. The van der Waals surface area contributed by atoms with Crippen LogP contribution in [-0.4, -0.2) is 11.9 Å². The Morgan fingerprint density at radius 2 is 1.80 bits per heavy atom. The normalized spacial score (nSPS) is 9.85. The van der Waals surface area contributed by atoms with E-state index in [4.69, 9.17) is 4.74 Å². The van der Waals surface area contributed by atoms with Crippen LogP contribution < -0.4 is 9.47 Å². The van der Waals surface area contributed by atoms with Crippen molar-refractivity contribution in [3.05, 3.63) is 61.9 Å². The first-order valence-corrected chi connectivity index (χ1v) is 5.35. The van der Waals surface area contributed by atoms with Crippen LogP contribution in [0.2, 0.25) is 0 Å². The van der Waals surface area contributed by atoms with Crippen molar-refractivity contribution in [3.63, 3.8) is 0 Å². The van der Waals surface area contributed by atoms with Crippen molar-refractivity contribution < 1.29 is 28.2 Å². The molecule has 1 aromatic rings. The quantitative estimate of drug-likeness (QED) is 0.346. The van der Waals surface area contributed by atoms with Crippen LogP contribution in [0.5, 0.6) is 11.5 Å². The number of rotatable bonds is 6. The van der Waals surface area contributed by atoms with Crippen molar-refractivity contribution in [3.8, 4) is 11.5 Å². The SMILES string of the molecule is C=CC(=O)O/C=C\Oc1ccc(OC(=O)C=C)c(F)c1. The number of ether oxygens (including phenoxy) is 3. The molecule has 0 bridgehead atoms. The minimum absolute atomic E-state index is 0.131. The molecule has 0 aromatic heterocycles. The molecular formula is C14H11FO5. The van der Waals surface area contributed by atoms with E-state index in [1.54, 1.807) is 0 Å². The Balaban J connectivity index is 2.63. The molecule has 0 saturated heterocycles. The molecule has 0 atom stereocenters. The molecule has 0 N–H and O–H groups in total. The molecule has 0 amide bonds. The van der Waals surface area contributed by atoms with E-state index in [0.717, 1.165) is 30.7 Å². The summed E-state index contributed by atoms with van der Waals surface area (Å²) < 4.78 is 27.6. The van der Waals surface area contributed by atoms with Gasteiger partial charge in [-0.15, -0.1) is 0 Å². The molecule has 0 heterocycles. The number of benzene rings is 1. The number of halogens is 1. The Kier molecular flexibility index (Phi) is 5.71. The fraction of sp³-hybridized carbons (Fsp3) is 0. The first kappa shape index (κ1) is 15.2. The molecule has 20 heavy (non-hydrogen) atoms. The smallest absolute Gasteiger partial charge is 0.335 e. The topological polar surface area (TPSA) is 61.8 Å². The van der Waals surface area contributed by atoms with E-state index >= 15 is 0 Å². The van der Waals surface area contributed by atoms with Crippen LogP contribution in [0.25, 0.3) is 0 Å². The van der Waals surface area contributed by atoms with Crippen LogP contribution >= 0.6 is 0 Å². The highest BCUT2D eigenvalue weighted by molar-refractivity contribution is 5.83. The first-order valence-electron chi connectivity index (χ1n) is 5.35. The lowest BCUT2D eigenvalue weighted by Crippen LogP contribution is -2.04. The van der Waals surface area contributed by atoms with Crippen molar-refractivity contribution in [2.45, 2.75) is 0 Å². The average Bonchev–Trinajstić information content (AvgIpc) is 2.45. The van der Waals surface area contributed by atoms with E-state index in [1.807, 2.05) is 0 Å². The lowest BCUT2D eigenvalue weighted by Gasteiger charge is -2.05. The van der Waals surface area contributed by atoms with E-state index in [9.17, 15) is 14.0 Å². The first-order chi connectivity index (χ1) is 9.56. The molecule has 1 aromatic carbocycles. The van der Waals surface area contributed by atoms with Gasteiger partial charge in [-0.2, -0.15) is 0 Å². The van der Waals surface area contributed by atoms with Gasteiger partial charge in [0, 0.05) is 18.2 Å². The molecule has 0 aliphatic heterocycles. The number of carbonyl (C=O) groups excluding carboxylic acids is 2. The highest BCUT2D eigenvalue weighted by atomic mass is 19.1. The zero-order valence-corrected chi connectivity index (χ0v) is 10.4. The average molecular weight is 278 g/mol. The van der Waals surface area contributed by atoms with E-state index in [-0.39, 0.29) is 11.5 Å². The second-order valence-corrected chi connectivity index (χ2v) is 3.25. The third kappa shape index (κ3) is 4.77. The number of hydrogen-bond donors (Lipinski definition) is 0. The molecule has 0 aliphatic carbocycles. The zero-order valence-electron chi connectivity index (χ0n) is 10.4. The van der Waals surface area contributed by atoms with Gasteiger partial charge in [-0.05, 0) is 12.1 Å². The Hall–Kier alpha value is -2.89. The van der Waals surface area contributed by atoms with Gasteiger partial charge >= 0.3 is 11.9 Å². The summed E-state index contributed by atoms with van der Waals surface area (Å²) in [5, 5.41) is 0. The van der Waals surface area contributed by atoms with E-state index in [1.165, 1.54) is 12.1 Å². The summed E-state index contributed by atoms with van der Waals surface area (Å²) in [5.41, 5.74) is 0. The lowest BCUT2D eigenvalue weighted by molar-refractivity contribution is -0.132. The maximum Gasteiger partial charge on any atom is 0.335 e. The Morgan fingerprint density at radius 1 is 1.10 bits per heavy atom. The monoisotopic (exact) mass is 278 g/mol. The summed E-state index contributed by atoms with van der Waals surface area (Å²) >= 11 is 0. The standard InChI is InChI=1S/C14H11FO5/c1-3-13(16)19-8-7-18-10-5-6-12(11(15)9-10)20-14(17)4-2/h3-9H,1-2H2/b8-7-. The second kappa shape index (κ2) is 7.52. The predicted molar refractivity (Wildman–Crippen MR) is 68.3 cm³/mol. The Bertz CT molecular complexity index is 563. The molecule has 0 aliphatic rings. The van der Waals surface area contributed by atoms with Crippen LogP contribution in [0, 0.1) is 5.82 Å². The van der Waals surface area contributed by atoms with Gasteiger partial charge in [0.05, 0.1) is 0 Å². The van der Waals surface area contributed by atoms with E-state index < -0.39 is 17.8 Å². The summed E-state index contributed by atoms with van der Waals surface area (Å²) in [7, 11) is 0. The Morgan fingerprint density at radius 3 is 2.40 bits per heavy atom. The van der Waals surface area contributed by atoms with Gasteiger partial charge in [-0.25, -0.2) is 14.0 Å². The number of carbonyl (C=O) groups is 2. The van der Waals surface area contributed by atoms with Crippen LogP contribution in [0.4, 0.5) is 4.39 Å². The summed E-state index contributed by atoms with van der Waals surface area (Å²) in [5.74, 6) is -2.32. The second-order valence-electron chi connectivity index (χ2n) is 3.25. The van der Waals surface area contributed by atoms with Crippen LogP contribution in [-0.2, 0) is 14.3 Å². The minimum Gasteiger partial charge on any atom is -0.462 e. The zero-order chi connectivity index (χ0) is 15.0. The predicted octanol–water partition coefficient (Wildman–Crippen LogP) is 2.50. The van der Waals surface area contributed by atoms with Crippen molar-refractivity contribution in [1.82, 2.24) is 0 Å². The fourth-order valence-corrected chi connectivity index (χ4v) is 1.04. The third-order valence-corrected chi connectivity index (χ3v) is 1.89. The number of hydrogen-bond acceptors (Lipinski definition) is 5. The van der Waals surface area contributed by atoms with Gasteiger partial charge in [0.15, 0.2) is 11.6 Å². The molecule has 6 heteroatoms. The molecular weight excluding hydrogens is 267 g/mol. The van der Waals surface area contributed by atoms with E-state index in [2.05, 4.69) is 22.6 Å². The van der Waals surface area contributed by atoms with Crippen molar-refractivity contribution in [2.24, 2.45) is 0 Å². The van der Waals surface area contributed by atoms with Crippen LogP contribution in [0.3, 0.4) is 0 Å². The summed E-state index contributed by atoms with van der Waals surface area (Å²) in [6, 6.07) is 3.59. The molecule has 1 rings (SSSR count). The van der Waals surface area contributed by atoms with Crippen molar-refractivity contribution in [1.29, 1.82) is 0 Å². The molecule has 0 unspecified atom stereocenters. The highest BCUT2D eigenvalue weighted by Crippen LogP contribution is 2.23. The molecule has 0 spiro atoms. The molecule has 5 nitrogen and oxygen atoms in total. The Labute approximate surface area is 114 Å². The van der Waals surface area contributed by atoms with Crippen LogP contribution in [0.1, 0.15) is 0 Å². The lowest BCUT2D eigenvalue weighted by atomic mass is 10.3. The summed E-state index contributed by atoms with van der Waals surface area (Å²) in [6.07, 6.45) is 3.92. The highest BCUT2D eigenvalue weighted by Gasteiger charge is 2.08. The van der Waals surface area contributed by atoms with Gasteiger partial charge in [-0.1, -0.05) is 13.2 Å². The molecule has 0 fully saturated rings. The largest absolute Gasteiger partial charge is 0.462 e.